The molecule has 0 aromatic rings. The molecule has 67 heavy (non-hydrogen) atoms. The van der Waals surface area contributed by atoms with Crippen molar-refractivity contribution in [1.82, 2.24) is 5.32 Å². The number of unbranched alkanes of at least 4 members (excludes halogenated alkanes) is 43. The molecule has 0 saturated carbocycles. The van der Waals surface area contributed by atoms with E-state index in [4.69, 9.17) is 4.74 Å². The second-order valence-electron chi connectivity index (χ2n) is 20.7. The fourth-order valence-corrected chi connectivity index (χ4v) is 9.34. The summed E-state index contributed by atoms with van der Waals surface area (Å²) in [5.74, 6) is -0.122. The highest BCUT2D eigenvalue weighted by atomic mass is 16.5. The smallest absolute Gasteiger partial charge is 0.305 e. The van der Waals surface area contributed by atoms with Crippen molar-refractivity contribution in [2.75, 3.05) is 13.2 Å². The van der Waals surface area contributed by atoms with Crippen molar-refractivity contribution in [2.45, 2.75) is 341 Å². The number of carbonyl (C=O) groups excluding carboxylic acids is 2. The van der Waals surface area contributed by atoms with Crippen LogP contribution in [0.4, 0.5) is 0 Å². The average Bonchev–Trinajstić information content (AvgIpc) is 3.33. The summed E-state index contributed by atoms with van der Waals surface area (Å²) in [6.07, 6.45) is 69.2. The summed E-state index contributed by atoms with van der Waals surface area (Å²) < 4.78 is 5.47. The van der Waals surface area contributed by atoms with Gasteiger partial charge >= 0.3 is 5.97 Å². The molecule has 0 saturated heterocycles. The lowest BCUT2D eigenvalue weighted by atomic mass is 10.0. The molecule has 0 spiro atoms. The molecule has 0 radical (unpaired) electrons. The van der Waals surface area contributed by atoms with Gasteiger partial charge in [-0.2, -0.15) is 0 Å². The molecule has 0 aliphatic rings. The monoisotopic (exact) mass is 944 g/mol. The first-order valence-corrected chi connectivity index (χ1v) is 30.1. The summed E-state index contributed by atoms with van der Waals surface area (Å²) in [6.45, 7) is 4.86. The van der Waals surface area contributed by atoms with Crippen LogP contribution in [0, 0.1) is 0 Å². The minimum atomic E-state index is -0.863. The van der Waals surface area contributed by atoms with Gasteiger partial charge in [0.15, 0.2) is 0 Å². The minimum Gasteiger partial charge on any atom is -0.466 e. The topological polar surface area (TPSA) is 95.9 Å². The molecular weight excluding hydrogens is 827 g/mol. The Morgan fingerprint density at radius 3 is 1.06 bits per heavy atom. The van der Waals surface area contributed by atoms with E-state index in [1.807, 2.05) is 6.08 Å². The van der Waals surface area contributed by atoms with Crippen LogP contribution in [-0.4, -0.2) is 47.4 Å². The maximum absolute atomic E-state index is 12.5. The molecule has 0 aromatic heterocycles. The highest BCUT2D eigenvalue weighted by Crippen LogP contribution is 2.17. The van der Waals surface area contributed by atoms with E-state index < -0.39 is 12.1 Å². The van der Waals surface area contributed by atoms with Crippen LogP contribution < -0.4 is 5.32 Å². The molecule has 0 fully saturated rings. The van der Waals surface area contributed by atoms with Crippen LogP contribution >= 0.6 is 0 Å². The Bertz CT molecular complexity index is 1040. The standard InChI is InChI=1S/C61H117NO5/c1-3-5-7-9-11-13-15-17-19-21-22-23-24-25-26-27-29-30-32-34-37-41-45-49-53-59(64)58(57-63)62-60(65)54-50-46-42-38-36-40-44-48-52-56-67-61(66)55-51-47-43-39-35-33-31-28-20-18-16-14-12-10-8-6-4-2/h18,20,49,53,58-59,63-64H,3-17,19,21-48,50-52,54-57H2,1-2H3,(H,62,65)/b20-18-,53-49+. The largest absolute Gasteiger partial charge is 0.466 e. The molecule has 0 aliphatic carbocycles. The number of ether oxygens (including phenoxy) is 1. The third kappa shape index (κ3) is 53.5. The van der Waals surface area contributed by atoms with Crippen molar-refractivity contribution in [3.8, 4) is 0 Å². The van der Waals surface area contributed by atoms with Gasteiger partial charge in [0.1, 0.15) is 0 Å². The third-order valence-electron chi connectivity index (χ3n) is 14.0. The molecule has 0 heterocycles. The number of aliphatic hydroxyl groups is 2. The molecule has 396 valence electrons. The van der Waals surface area contributed by atoms with E-state index in [1.165, 1.54) is 244 Å². The Morgan fingerprint density at radius 1 is 0.403 bits per heavy atom. The van der Waals surface area contributed by atoms with Gasteiger partial charge in [-0.1, -0.05) is 282 Å². The number of allylic oxidation sites excluding steroid dienone is 3. The second-order valence-corrected chi connectivity index (χ2v) is 20.7. The van der Waals surface area contributed by atoms with E-state index in [0.717, 1.165) is 57.8 Å². The van der Waals surface area contributed by atoms with E-state index in [0.29, 0.717) is 19.4 Å². The molecule has 0 rings (SSSR count). The summed E-state index contributed by atoms with van der Waals surface area (Å²) in [4.78, 5) is 24.6. The Kier molecular flexibility index (Phi) is 55.5. The maximum atomic E-state index is 12.5. The van der Waals surface area contributed by atoms with Gasteiger partial charge in [-0.15, -0.1) is 0 Å². The van der Waals surface area contributed by atoms with Crippen molar-refractivity contribution in [1.29, 1.82) is 0 Å². The van der Waals surface area contributed by atoms with E-state index in [9.17, 15) is 19.8 Å². The van der Waals surface area contributed by atoms with Crippen molar-refractivity contribution in [3.63, 3.8) is 0 Å². The molecule has 6 nitrogen and oxygen atoms in total. The maximum Gasteiger partial charge on any atom is 0.305 e. The summed E-state index contributed by atoms with van der Waals surface area (Å²) in [5, 5.41) is 23.2. The first kappa shape index (κ1) is 65.3. The minimum absolute atomic E-state index is 0.0296. The van der Waals surface area contributed by atoms with Crippen LogP contribution in [0.5, 0.6) is 0 Å². The Labute approximate surface area is 418 Å². The van der Waals surface area contributed by atoms with Gasteiger partial charge in [0, 0.05) is 12.8 Å². The van der Waals surface area contributed by atoms with Gasteiger partial charge in [-0.05, 0) is 57.8 Å². The zero-order valence-electron chi connectivity index (χ0n) is 45.1. The summed E-state index contributed by atoms with van der Waals surface area (Å²) in [7, 11) is 0. The van der Waals surface area contributed by atoms with Crippen LogP contribution in [-0.2, 0) is 14.3 Å². The van der Waals surface area contributed by atoms with Crippen molar-refractivity contribution in [3.05, 3.63) is 24.3 Å². The van der Waals surface area contributed by atoms with E-state index in [2.05, 4.69) is 31.3 Å². The third-order valence-corrected chi connectivity index (χ3v) is 14.0. The van der Waals surface area contributed by atoms with Gasteiger partial charge < -0.3 is 20.3 Å². The van der Waals surface area contributed by atoms with Crippen molar-refractivity contribution in [2.24, 2.45) is 0 Å². The summed E-state index contributed by atoms with van der Waals surface area (Å²) in [6, 6.07) is -0.649. The van der Waals surface area contributed by atoms with E-state index >= 15 is 0 Å². The SMILES string of the molecule is CCCCCCCC/C=C\CCCCCCCCCC(=O)OCCCCCCCCCCCC(=O)NC(CO)C(O)/C=C/CCCCCCCCCCCCCCCCCCCCCCCC. The number of esters is 1. The number of rotatable bonds is 56. The number of amides is 1. The number of nitrogens with one attached hydrogen (secondary N) is 1. The van der Waals surface area contributed by atoms with E-state index in [1.54, 1.807) is 6.08 Å². The highest BCUT2D eigenvalue weighted by molar-refractivity contribution is 5.76. The van der Waals surface area contributed by atoms with Gasteiger partial charge in [0.05, 0.1) is 25.4 Å². The predicted octanol–water partition coefficient (Wildman–Crippen LogP) is 18.6. The molecule has 6 heteroatoms. The van der Waals surface area contributed by atoms with Gasteiger partial charge in [-0.25, -0.2) is 0 Å². The summed E-state index contributed by atoms with van der Waals surface area (Å²) in [5.41, 5.74) is 0. The zero-order chi connectivity index (χ0) is 48.6. The second kappa shape index (κ2) is 56.9. The van der Waals surface area contributed by atoms with Crippen LogP contribution in [0.2, 0.25) is 0 Å². The molecule has 2 atom stereocenters. The Balaban J connectivity index is 3.50. The average molecular weight is 945 g/mol. The number of hydrogen-bond donors (Lipinski definition) is 3. The van der Waals surface area contributed by atoms with Crippen molar-refractivity contribution < 1.29 is 24.5 Å². The fourth-order valence-electron chi connectivity index (χ4n) is 9.34. The number of hydrogen-bond acceptors (Lipinski definition) is 5. The normalized spacial score (nSPS) is 12.7. The first-order chi connectivity index (χ1) is 33.0. The van der Waals surface area contributed by atoms with Gasteiger partial charge in [0.2, 0.25) is 5.91 Å². The molecule has 0 bridgehead atoms. The van der Waals surface area contributed by atoms with Crippen LogP contribution in [0.3, 0.4) is 0 Å². The lowest BCUT2D eigenvalue weighted by molar-refractivity contribution is -0.143. The lowest BCUT2D eigenvalue weighted by Gasteiger charge is -2.20. The van der Waals surface area contributed by atoms with Gasteiger partial charge in [0.25, 0.3) is 0 Å². The number of aliphatic hydroxyl groups excluding tert-OH is 2. The Morgan fingerprint density at radius 2 is 0.701 bits per heavy atom. The summed E-state index contributed by atoms with van der Waals surface area (Å²) >= 11 is 0. The lowest BCUT2D eigenvalue weighted by Crippen LogP contribution is -2.45. The molecule has 0 aromatic carbocycles. The Hall–Kier alpha value is -1.66. The predicted molar refractivity (Wildman–Crippen MR) is 292 cm³/mol. The van der Waals surface area contributed by atoms with Crippen molar-refractivity contribution >= 4 is 11.9 Å². The number of carbonyl (C=O) groups is 2. The van der Waals surface area contributed by atoms with E-state index in [-0.39, 0.29) is 18.5 Å². The first-order valence-electron chi connectivity index (χ1n) is 30.1. The zero-order valence-corrected chi connectivity index (χ0v) is 45.1. The molecular formula is C61H117NO5. The quantitative estimate of drug-likeness (QED) is 0.0321. The van der Waals surface area contributed by atoms with Crippen LogP contribution in [0.15, 0.2) is 24.3 Å². The molecule has 1 amide bonds. The highest BCUT2D eigenvalue weighted by Gasteiger charge is 2.18. The molecule has 0 aliphatic heterocycles. The van der Waals surface area contributed by atoms with Crippen LogP contribution in [0.25, 0.3) is 0 Å². The van der Waals surface area contributed by atoms with Crippen LogP contribution in [0.1, 0.15) is 328 Å². The molecule has 2 unspecified atom stereocenters. The molecule has 3 N–H and O–H groups in total. The van der Waals surface area contributed by atoms with Gasteiger partial charge in [-0.3, -0.25) is 9.59 Å². The fraction of sp³-hybridized carbons (Fsp3) is 0.902.